The highest BCUT2D eigenvalue weighted by atomic mass is 16.5. The van der Waals surface area contributed by atoms with Crippen LogP contribution in [-0.2, 0) is 4.79 Å². The smallest absolute Gasteiger partial charge is 0.159 e. The van der Waals surface area contributed by atoms with Gasteiger partial charge in [0.05, 0.1) is 7.11 Å². The maximum atomic E-state index is 12.5. The van der Waals surface area contributed by atoms with Gasteiger partial charge in [-0.3, -0.25) is 9.78 Å². The second-order valence-corrected chi connectivity index (χ2v) is 5.49. The van der Waals surface area contributed by atoms with E-state index >= 15 is 0 Å². The maximum Gasteiger partial charge on any atom is 0.159 e. The number of ether oxygens (including phenoxy) is 1. The minimum absolute atomic E-state index is 0.147. The lowest BCUT2D eigenvalue weighted by Crippen LogP contribution is -2.17. The first kappa shape index (κ1) is 14.5. The van der Waals surface area contributed by atoms with E-state index in [9.17, 15) is 4.79 Å². The summed E-state index contributed by atoms with van der Waals surface area (Å²) in [5, 5.41) is 0. The molecule has 0 bridgehead atoms. The number of Topliss-reactive ketones (excluding diaryl/α,β-unsaturated/α-hetero) is 1. The molecule has 0 aliphatic heterocycles. The van der Waals surface area contributed by atoms with Crippen LogP contribution < -0.4 is 4.74 Å². The fourth-order valence-corrected chi connectivity index (χ4v) is 3.04. The highest BCUT2D eigenvalue weighted by Crippen LogP contribution is 2.37. The van der Waals surface area contributed by atoms with E-state index in [0.29, 0.717) is 6.42 Å². The summed E-state index contributed by atoms with van der Waals surface area (Å²) < 4.78 is 5.40. The van der Waals surface area contributed by atoms with Crippen LogP contribution in [-0.4, -0.2) is 17.9 Å². The molecule has 0 N–H and O–H groups in total. The molecule has 1 saturated carbocycles. The van der Waals surface area contributed by atoms with Crippen molar-refractivity contribution in [2.24, 2.45) is 0 Å². The number of allylic oxidation sites excluding steroid dienone is 1. The molecule has 3 rings (SSSR count). The summed E-state index contributed by atoms with van der Waals surface area (Å²) in [6, 6.07) is 11.8. The number of carbonyl (C=O) groups is 1. The number of methoxy groups -OCH3 is 1. The number of aromatic nitrogens is 1. The lowest BCUT2D eigenvalue weighted by Gasteiger charge is -2.25. The van der Waals surface area contributed by atoms with Crippen molar-refractivity contribution in [3.8, 4) is 5.75 Å². The van der Waals surface area contributed by atoms with E-state index in [1.54, 1.807) is 19.5 Å². The molecule has 1 fully saturated rings. The van der Waals surface area contributed by atoms with Gasteiger partial charge in [0, 0.05) is 35.9 Å². The van der Waals surface area contributed by atoms with Crippen molar-refractivity contribution < 1.29 is 9.53 Å². The first-order valence-electron chi connectivity index (χ1n) is 7.57. The van der Waals surface area contributed by atoms with Crippen LogP contribution in [0, 0.1) is 0 Å². The van der Waals surface area contributed by atoms with Crippen LogP contribution in [0.25, 0.3) is 6.08 Å². The molecule has 0 radical (unpaired) electrons. The third-order valence-electron chi connectivity index (χ3n) is 4.15. The zero-order valence-electron chi connectivity index (χ0n) is 12.7. The second-order valence-electron chi connectivity index (χ2n) is 5.49. The summed E-state index contributed by atoms with van der Waals surface area (Å²) in [5.41, 5.74) is 2.99. The van der Waals surface area contributed by atoms with Crippen molar-refractivity contribution in [2.75, 3.05) is 7.11 Å². The number of benzene rings is 1. The Kier molecular flexibility index (Phi) is 4.33. The van der Waals surface area contributed by atoms with E-state index < -0.39 is 0 Å². The summed E-state index contributed by atoms with van der Waals surface area (Å²) in [7, 11) is 1.65. The molecule has 1 aliphatic rings. The average molecular weight is 293 g/mol. The molecule has 1 unspecified atom stereocenters. The third kappa shape index (κ3) is 2.93. The average Bonchev–Trinajstić information content (AvgIpc) is 2.58. The summed E-state index contributed by atoms with van der Waals surface area (Å²) in [6.07, 6.45) is 8.13. The Morgan fingerprint density at radius 3 is 2.73 bits per heavy atom. The fourth-order valence-electron chi connectivity index (χ4n) is 3.04. The Morgan fingerprint density at radius 2 is 1.95 bits per heavy atom. The molecule has 0 spiro atoms. The van der Waals surface area contributed by atoms with E-state index in [0.717, 1.165) is 35.3 Å². The quantitative estimate of drug-likeness (QED) is 0.803. The van der Waals surface area contributed by atoms with Crippen molar-refractivity contribution >= 4 is 11.9 Å². The first-order valence-corrected chi connectivity index (χ1v) is 7.57. The van der Waals surface area contributed by atoms with Gasteiger partial charge in [-0.25, -0.2) is 0 Å². The van der Waals surface area contributed by atoms with Gasteiger partial charge in [0.1, 0.15) is 5.75 Å². The summed E-state index contributed by atoms with van der Waals surface area (Å²) >= 11 is 0. The third-order valence-corrected chi connectivity index (χ3v) is 4.15. The summed E-state index contributed by atoms with van der Waals surface area (Å²) in [5.74, 6) is 1.18. The van der Waals surface area contributed by atoms with E-state index in [1.165, 1.54) is 0 Å². The van der Waals surface area contributed by atoms with Crippen molar-refractivity contribution in [3.05, 3.63) is 65.5 Å². The highest BCUT2D eigenvalue weighted by molar-refractivity contribution is 6.02. The van der Waals surface area contributed by atoms with Gasteiger partial charge in [0.2, 0.25) is 0 Å². The molecule has 1 aliphatic carbocycles. The number of hydrogen-bond donors (Lipinski definition) is 0. The number of nitrogens with zero attached hydrogens (tertiary/aromatic N) is 1. The summed E-state index contributed by atoms with van der Waals surface area (Å²) in [4.78, 5) is 16.5. The van der Waals surface area contributed by atoms with E-state index in [1.807, 2.05) is 42.5 Å². The number of hydrogen-bond acceptors (Lipinski definition) is 3. The fraction of sp³-hybridized carbons (Fsp3) is 0.263. The standard InChI is InChI=1S/C19H19NO2/c1-22-19-8-3-2-5-15(19)13-17-16(6-4-7-18(17)21)14-9-11-20-12-10-14/h2-3,5,8-13,16H,4,6-7H2,1H3. The molecule has 1 atom stereocenters. The topological polar surface area (TPSA) is 39.2 Å². The van der Waals surface area contributed by atoms with E-state index in [-0.39, 0.29) is 11.7 Å². The Labute approximate surface area is 130 Å². The highest BCUT2D eigenvalue weighted by Gasteiger charge is 2.27. The SMILES string of the molecule is COc1ccccc1C=C1C(=O)CCCC1c1ccncc1. The van der Waals surface area contributed by atoms with Gasteiger partial charge in [-0.1, -0.05) is 18.2 Å². The van der Waals surface area contributed by atoms with Crippen LogP contribution in [0.15, 0.2) is 54.4 Å². The van der Waals surface area contributed by atoms with Crippen LogP contribution in [0.2, 0.25) is 0 Å². The molecule has 2 aromatic rings. The molecular formula is C19H19NO2. The van der Waals surface area contributed by atoms with Gasteiger partial charge >= 0.3 is 0 Å². The monoisotopic (exact) mass is 293 g/mol. The molecule has 0 amide bonds. The van der Waals surface area contributed by atoms with Crippen LogP contribution in [0.1, 0.15) is 36.3 Å². The molecule has 3 heteroatoms. The lowest BCUT2D eigenvalue weighted by molar-refractivity contribution is -0.116. The second kappa shape index (κ2) is 6.56. The molecule has 112 valence electrons. The van der Waals surface area contributed by atoms with Gasteiger partial charge in [0.25, 0.3) is 0 Å². The number of carbonyl (C=O) groups excluding carboxylic acids is 1. The predicted octanol–water partition coefficient (Wildman–Crippen LogP) is 4.01. The van der Waals surface area contributed by atoms with Crippen LogP contribution in [0.4, 0.5) is 0 Å². The Bertz CT molecular complexity index is 692. The molecule has 1 aromatic heterocycles. The molecular weight excluding hydrogens is 274 g/mol. The largest absolute Gasteiger partial charge is 0.496 e. The Morgan fingerprint density at radius 1 is 1.18 bits per heavy atom. The van der Waals surface area contributed by atoms with Crippen LogP contribution in [0.5, 0.6) is 5.75 Å². The van der Waals surface area contributed by atoms with Gasteiger partial charge in [-0.15, -0.1) is 0 Å². The minimum Gasteiger partial charge on any atom is -0.496 e. The molecule has 1 heterocycles. The molecule has 0 saturated heterocycles. The normalized spacial score (nSPS) is 20.1. The molecule has 3 nitrogen and oxygen atoms in total. The van der Waals surface area contributed by atoms with Gasteiger partial charge in [-0.05, 0) is 42.7 Å². The van der Waals surface area contributed by atoms with Crippen molar-refractivity contribution in [1.82, 2.24) is 4.98 Å². The van der Waals surface area contributed by atoms with Crippen molar-refractivity contribution in [2.45, 2.75) is 25.2 Å². The predicted molar refractivity (Wildman–Crippen MR) is 86.8 cm³/mol. The number of rotatable bonds is 3. The molecule has 22 heavy (non-hydrogen) atoms. The van der Waals surface area contributed by atoms with Gasteiger partial charge < -0.3 is 4.74 Å². The zero-order valence-corrected chi connectivity index (χ0v) is 12.7. The van der Waals surface area contributed by atoms with Crippen LogP contribution in [0.3, 0.4) is 0 Å². The minimum atomic E-state index is 0.147. The lowest BCUT2D eigenvalue weighted by atomic mass is 9.78. The zero-order chi connectivity index (χ0) is 15.4. The maximum absolute atomic E-state index is 12.5. The molecule has 1 aromatic carbocycles. The number of pyridine rings is 1. The summed E-state index contributed by atoms with van der Waals surface area (Å²) in [6.45, 7) is 0. The Balaban J connectivity index is 2.03. The van der Waals surface area contributed by atoms with Gasteiger partial charge in [-0.2, -0.15) is 0 Å². The van der Waals surface area contributed by atoms with Crippen LogP contribution >= 0.6 is 0 Å². The first-order chi connectivity index (χ1) is 10.8. The number of ketones is 1. The Hall–Kier alpha value is -2.42. The van der Waals surface area contributed by atoms with Gasteiger partial charge in [0.15, 0.2) is 5.78 Å². The van der Waals surface area contributed by atoms with Crippen molar-refractivity contribution in [3.63, 3.8) is 0 Å². The number of para-hydroxylation sites is 1. The van der Waals surface area contributed by atoms with Crippen molar-refractivity contribution in [1.29, 1.82) is 0 Å². The van der Waals surface area contributed by atoms with E-state index in [4.69, 9.17) is 4.74 Å². The van der Waals surface area contributed by atoms with E-state index in [2.05, 4.69) is 4.98 Å².